The summed E-state index contributed by atoms with van der Waals surface area (Å²) in [6.07, 6.45) is -0.935. The lowest BCUT2D eigenvalue weighted by Crippen LogP contribution is -2.48. The van der Waals surface area contributed by atoms with Crippen molar-refractivity contribution in [2.45, 2.75) is 24.2 Å². The van der Waals surface area contributed by atoms with Crippen molar-refractivity contribution < 1.29 is 21.6 Å². The van der Waals surface area contributed by atoms with Crippen molar-refractivity contribution in [3.05, 3.63) is 83.9 Å². The first-order valence-electron chi connectivity index (χ1n) is 10.2. The van der Waals surface area contributed by atoms with Crippen LogP contribution < -0.4 is 0 Å². The van der Waals surface area contributed by atoms with Crippen molar-refractivity contribution in [1.82, 2.24) is 18.8 Å². The maximum atomic E-state index is 13.0. The molecule has 0 N–H and O–H groups in total. The quantitative estimate of drug-likeness (QED) is 0.561. The lowest BCUT2D eigenvalue weighted by molar-refractivity contribution is -0.137. The Morgan fingerprint density at radius 1 is 0.906 bits per heavy atom. The van der Waals surface area contributed by atoms with Crippen molar-refractivity contribution in [2.24, 2.45) is 0 Å². The molecule has 0 bridgehead atoms. The van der Waals surface area contributed by atoms with Gasteiger partial charge in [0.2, 0.25) is 10.0 Å². The van der Waals surface area contributed by atoms with Crippen LogP contribution in [0.2, 0.25) is 0 Å². The van der Waals surface area contributed by atoms with E-state index in [1.807, 2.05) is 36.5 Å². The first-order chi connectivity index (χ1) is 15.2. The number of imidazole rings is 1. The van der Waals surface area contributed by atoms with E-state index in [9.17, 15) is 21.6 Å². The van der Waals surface area contributed by atoms with Crippen molar-refractivity contribution in [2.75, 3.05) is 26.2 Å². The van der Waals surface area contributed by atoms with E-state index in [-0.39, 0.29) is 18.0 Å². The van der Waals surface area contributed by atoms with E-state index >= 15 is 0 Å². The number of benzene rings is 2. The van der Waals surface area contributed by atoms with Gasteiger partial charge in [-0.25, -0.2) is 13.4 Å². The van der Waals surface area contributed by atoms with Crippen LogP contribution in [-0.4, -0.2) is 53.4 Å². The zero-order chi connectivity index (χ0) is 22.8. The van der Waals surface area contributed by atoms with E-state index in [1.165, 1.54) is 10.4 Å². The average molecular weight is 465 g/mol. The topological polar surface area (TPSA) is 58.4 Å². The van der Waals surface area contributed by atoms with E-state index in [2.05, 4.69) is 14.5 Å². The van der Waals surface area contributed by atoms with Crippen LogP contribution in [0.4, 0.5) is 13.2 Å². The Kier molecular flexibility index (Phi) is 6.36. The van der Waals surface area contributed by atoms with Gasteiger partial charge < -0.3 is 4.57 Å². The monoisotopic (exact) mass is 464 g/mol. The highest BCUT2D eigenvalue weighted by molar-refractivity contribution is 7.89. The number of rotatable bonds is 6. The summed E-state index contributed by atoms with van der Waals surface area (Å²) in [7, 11) is -3.99. The van der Waals surface area contributed by atoms with Gasteiger partial charge in [-0.15, -0.1) is 0 Å². The Hall–Kier alpha value is -2.69. The molecule has 6 nitrogen and oxygen atoms in total. The van der Waals surface area contributed by atoms with Crippen LogP contribution in [0.15, 0.2) is 71.9 Å². The van der Waals surface area contributed by atoms with E-state index < -0.39 is 21.8 Å². The summed E-state index contributed by atoms with van der Waals surface area (Å²) < 4.78 is 68.0. The number of alkyl halides is 3. The molecule has 32 heavy (non-hydrogen) atoms. The smallest absolute Gasteiger partial charge is 0.329 e. The van der Waals surface area contributed by atoms with E-state index in [0.717, 1.165) is 23.5 Å². The van der Waals surface area contributed by atoms with Crippen LogP contribution in [0.1, 0.15) is 17.0 Å². The third-order valence-corrected chi connectivity index (χ3v) is 7.39. The molecule has 2 aromatic carbocycles. The normalized spacial score (nSPS) is 16.3. The minimum atomic E-state index is -4.59. The van der Waals surface area contributed by atoms with Crippen LogP contribution in [0, 0.1) is 0 Å². The summed E-state index contributed by atoms with van der Waals surface area (Å²) >= 11 is 0. The molecule has 0 atom stereocenters. The molecular weight excluding hydrogens is 441 g/mol. The highest BCUT2D eigenvalue weighted by Gasteiger charge is 2.34. The van der Waals surface area contributed by atoms with Gasteiger partial charge in [-0.1, -0.05) is 36.4 Å². The highest BCUT2D eigenvalue weighted by Crippen LogP contribution is 2.31. The molecule has 0 spiro atoms. The summed E-state index contributed by atoms with van der Waals surface area (Å²) in [5.74, 6) is 0.878. The molecule has 0 amide bonds. The van der Waals surface area contributed by atoms with Crippen LogP contribution >= 0.6 is 0 Å². The molecule has 1 fully saturated rings. The van der Waals surface area contributed by atoms with E-state index in [1.54, 1.807) is 6.20 Å². The standard InChI is InChI=1S/C22H23F3N4O2S/c23-22(24,25)19-7-4-8-20(15-19)32(30,31)29-13-11-27(12-14-29)17-21-26-9-10-28(21)16-18-5-2-1-3-6-18/h1-10,15H,11-14,16-17H2. The SMILES string of the molecule is O=S(=O)(c1cccc(C(F)(F)F)c1)N1CCN(Cc2nccn2Cc2ccccc2)CC1. The molecule has 0 aliphatic carbocycles. The van der Waals surface area contributed by atoms with E-state index in [0.29, 0.717) is 32.2 Å². The zero-order valence-corrected chi connectivity index (χ0v) is 18.1. The fourth-order valence-electron chi connectivity index (χ4n) is 3.73. The highest BCUT2D eigenvalue weighted by atomic mass is 32.2. The fourth-order valence-corrected chi connectivity index (χ4v) is 5.19. The Morgan fingerprint density at radius 3 is 2.31 bits per heavy atom. The summed E-state index contributed by atoms with van der Waals surface area (Å²) in [5.41, 5.74) is 0.186. The molecule has 4 rings (SSSR count). The molecule has 2 heterocycles. The Labute approximate surface area is 185 Å². The molecule has 170 valence electrons. The molecule has 0 unspecified atom stereocenters. The first-order valence-corrected chi connectivity index (χ1v) is 11.6. The predicted molar refractivity (Wildman–Crippen MR) is 113 cm³/mol. The molecule has 0 radical (unpaired) electrons. The number of aromatic nitrogens is 2. The minimum Gasteiger partial charge on any atom is -0.329 e. The zero-order valence-electron chi connectivity index (χ0n) is 17.2. The summed E-state index contributed by atoms with van der Waals surface area (Å²) in [6.45, 7) is 2.61. The van der Waals surface area contributed by atoms with Crippen molar-refractivity contribution in [3.63, 3.8) is 0 Å². The largest absolute Gasteiger partial charge is 0.416 e. The number of sulfonamides is 1. The molecule has 10 heteroatoms. The van der Waals surface area contributed by atoms with Crippen molar-refractivity contribution in [3.8, 4) is 0 Å². The third kappa shape index (κ3) is 5.03. The van der Waals surface area contributed by atoms with Gasteiger partial charge in [0, 0.05) is 45.1 Å². The number of nitrogens with zero attached hydrogens (tertiary/aromatic N) is 4. The molecule has 1 aromatic heterocycles. The van der Waals surface area contributed by atoms with Gasteiger partial charge in [0.05, 0.1) is 17.0 Å². The lowest BCUT2D eigenvalue weighted by atomic mass is 10.2. The van der Waals surface area contributed by atoms with Gasteiger partial charge in [-0.2, -0.15) is 17.5 Å². The summed E-state index contributed by atoms with van der Waals surface area (Å²) in [5, 5.41) is 0. The number of hydrogen-bond donors (Lipinski definition) is 0. The Bertz CT molecular complexity index is 1160. The average Bonchev–Trinajstić information content (AvgIpc) is 3.21. The second-order valence-corrected chi connectivity index (χ2v) is 9.60. The third-order valence-electron chi connectivity index (χ3n) is 5.49. The van der Waals surface area contributed by atoms with Gasteiger partial charge in [0.1, 0.15) is 5.82 Å². The second-order valence-electron chi connectivity index (χ2n) is 7.66. The van der Waals surface area contributed by atoms with Gasteiger partial charge >= 0.3 is 6.18 Å². The number of hydrogen-bond acceptors (Lipinski definition) is 4. The van der Waals surface area contributed by atoms with Gasteiger partial charge in [-0.3, -0.25) is 4.90 Å². The maximum Gasteiger partial charge on any atom is 0.416 e. The number of halogens is 3. The van der Waals surface area contributed by atoms with Gasteiger partial charge in [0.25, 0.3) is 0 Å². The second kappa shape index (κ2) is 9.05. The minimum absolute atomic E-state index is 0.206. The first kappa shape index (κ1) is 22.5. The molecule has 1 aliphatic heterocycles. The molecule has 1 saturated heterocycles. The van der Waals surface area contributed by atoms with E-state index in [4.69, 9.17) is 0 Å². The van der Waals surface area contributed by atoms with Crippen LogP contribution in [0.5, 0.6) is 0 Å². The fraction of sp³-hybridized carbons (Fsp3) is 0.318. The van der Waals surface area contributed by atoms with Crippen LogP contribution in [-0.2, 0) is 29.3 Å². The van der Waals surface area contributed by atoms with Gasteiger partial charge in [-0.05, 0) is 23.8 Å². The van der Waals surface area contributed by atoms with Gasteiger partial charge in [0.15, 0.2) is 0 Å². The Balaban J connectivity index is 1.39. The Morgan fingerprint density at radius 2 is 1.62 bits per heavy atom. The van der Waals surface area contributed by atoms with Crippen molar-refractivity contribution >= 4 is 10.0 Å². The molecule has 1 aliphatic rings. The molecular formula is C22H23F3N4O2S. The van der Waals surface area contributed by atoms with Crippen molar-refractivity contribution in [1.29, 1.82) is 0 Å². The maximum absolute atomic E-state index is 13.0. The number of piperazine rings is 1. The van der Waals surface area contributed by atoms with Crippen LogP contribution in [0.25, 0.3) is 0 Å². The summed E-state index contributed by atoms with van der Waals surface area (Å²) in [6, 6.07) is 13.9. The lowest BCUT2D eigenvalue weighted by Gasteiger charge is -2.33. The molecule has 3 aromatic rings. The molecule has 0 saturated carbocycles. The predicted octanol–water partition coefficient (Wildman–Crippen LogP) is 3.46. The summed E-state index contributed by atoms with van der Waals surface area (Å²) in [4.78, 5) is 6.20. The van der Waals surface area contributed by atoms with Crippen LogP contribution in [0.3, 0.4) is 0 Å².